The van der Waals surface area contributed by atoms with E-state index in [4.69, 9.17) is 9.47 Å². The van der Waals surface area contributed by atoms with Gasteiger partial charge in [0.2, 0.25) is 6.79 Å². The lowest BCUT2D eigenvalue weighted by molar-refractivity contribution is -0.159. The topological polar surface area (TPSA) is 82.9 Å². The highest BCUT2D eigenvalue weighted by Crippen LogP contribution is 2.69. The third-order valence-corrected chi connectivity index (χ3v) is 7.79. The maximum Gasteiger partial charge on any atom is 0.261 e. The number of thioether (sulfide) groups is 1. The van der Waals surface area contributed by atoms with E-state index in [9.17, 15) is 14.9 Å². The maximum absolute atomic E-state index is 13.3. The molecule has 8 heteroatoms. The van der Waals surface area contributed by atoms with Crippen LogP contribution >= 0.6 is 11.8 Å². The minimum absolute atomic E-state index is 0.102. The summed E-state index contributed by atoms with van der Waals surface area (Å²) in [4.78, 5) is 27.6. The Bertz CT molecular complexity index is 930. The molecule has 4 atom stereocenters. The minimum Gasteiger partial charge on any atom is -0.454 e. The Hall–Kier alpha value is -2.40. The van der Waals surface area contributed by atoms with Gasteiger partial charge in [-0.05, 0) is 31.5 Å². The number of ether oxygens (including phenoxy) is 2. The summed E-state index contributed by atoms with van der Waals surface area (Å²) in [5.41, 5.74) is -0.0887. The van der Waals surface area contributed by atoms with Crippen LogP contribution in [-0.4, -0.2) is 45.2 Å². The van der Waals surface area contributed by atoms with E-state index in [0.29, 0.717) is 17.9 Å². The quantitative estimate of drug-likeness (QED) is 0.749. The lowest BCUT2D eigenvalue weighted by atomic mass is 9.79. The second kappa shape index (κ2) is 4.46. The van der Waals surface area contributed by atoms with Crippen molar-refractivity contribution in [1.82, 2.24) is 9.80 Å². The summed E-state index contributed by atoms with van der Waals surface area (Å²) >= 11 is 1.36. The number of fused-ring (bicyclic) bond motifs is 2. The molecule has 3 fully saturated rings. The summed E-state index contributed by atoms with van der Waals surface area (Å²) in [5, 5.41) is 9.95. The second-order valence-electron chi connectivity index (χ2n) is 7.63. The Morgan fingerprint density at radius 2 is 1.96 bits per heavy atom. The molecule has 3 saturated heterocycles. The van der Waals surface area contributed by atoms with Crippen LogP contribution in [0.2, 0.25) is 0 Å². The van der Waals surface area contributed by atoms with E-state index in [-0.39, 0.29) is 18.6 Å². The van der Waals surface area contributed by atoms with Crippen molar-refractivity contribution >= 4 is 23.6 Å². The molecule has 0 radical (unpaired) electrons. The number of amides is 2. The lowest BCUT2D eigenvalue weighted by Gasteiger charge is -2.40. The Morgan fingerprint density at radius 1 is 1.23 bits per heavy atom. The fourth-order valence-corrected chi connectivity index (χ4v) is 6.67. The number of piperazine rings is 1. The number of nitriles is 1. The van der Waals surface area contributed by atoms with Crippen molar-refractivity contribution in [2.75, 3.05) is 13.8 Å². The molecule has 26 heavy (non-hydrogen) atoms. The Balaban J connectivity index is 1.69. The van der Waals surface area contributed by atoms with Gasteiger partial charge in [-0.2, -0.15) is 5.26 Å². The highest BCUT2D eigenvalue weighted by atomic mass is 32.2. The first-order valence-electron chi connectivity index (χ1n) is 8.40. The summed E-state index contributed by atoms with van der Waals surface area (Å²) in [5.74, 6) is 1.02. The number of carbonyl (C=O) groups is 2. The van der Waals surface area contributed by atoms with Crippen molar-refractivity contribution in [2.45, 2.75) is 36.1 Å². The highest BCUT2D eigenvalue weighted by Gasteiger charge is 2.78. The summed E-state index contributed by atoms with van der Waals surface area (Å²) < 4.78 is 10.8. The van der Waals surface area contributed by atoms with Crippen molar-refractivity contribution in [2.24, 2.45) is 5.41 Å². The van der Waals surface area contributed by atoms with Gasteiger partial charge in [0.15, 0.2) is 21.2 Å². The zero-order chi connectivity index (χ0) is 18.5. The molecule has 0 aliphatic carbocycles. The van der Waals surface area contributed by atoms with Gasteiger partial charge in [-0.3, -0.25) is 9.59 Å². The van der Waals surface area contributed by atoms with Crippen LogP contribution in [0.4, 0.5) is 0 Å². The summed E-state index contributed by atoms with van der Waals surface area (Å²) in [7, 11) is 1.66. The van der Waals surface area contributed by atoms with Crippen molar-refractivity contribution in [3.8, 4) is 17.6 Å². The molecule has 1 aromatic carbocycles. The molecule has 1 aromatic rings. The van der Waals surface area contributed by atoms with Gasteiger partial charge in [-0.1, -0.05) is 17.8 Å². The van der Waals surface area contributed by atoms with Crippen molar-refractivity contribution in [3.05, 3.63) is 23.8 Å². The summed E-state index contributed by atoms with van der Waals surface area (Å²) in [6, 6.07) is 7.34. The van der Waals surface area contributed by atoms with Gasteiger partial charge in [0.1, 0.15) is 0 Å². The van der Waals surface area contributed by atoms with Crippen LogP contribution in [0.1, 0.15) is 31.9 Å². The number of rotatable bonds is 1. The average molecular weight is 371 g/mol. The fraction of sp³-hybridized carbons (Fsp3) is 0.500. The van der Waals surface area contributed by atoms with Crippen molar-refractivity contribution in [3.63, 3.8) is 0 Å². The molecule has 1 spiro atoms. The smallest absolute Gasteiger partial charge is 0.261 e. The van der Waals surface area contributed by atoms with E-state index in [1.165, 1.54) is 16.7 Å². The first-order chi connectivity index (χ1) is 12.3. The van der Waals surface area contributed by atoms with Crippen LogP contribution in [0, 0.1) is 16.7 Å². The number of nitrogens with zero attached hydrogens (tertiary/aromatic N) is 3. The average Bonchev–Trinajstić information content (AvgIpc) is 3.28. The van der Waals surface area contributed by atoms with Gasteiger partial charge in [0.05, 0.1) is 17.5 Å². The predicted octanol–water partition coefficient (Wildman–Crippen LogP) is 1.85. The van der Waals surface area contributed by atoms with E-state index < -0.39 is 21.2 Å². The first-order valence-corrected chi connectivity index (χ1v) is 9.21. The molecule has 4 heterocycles. The van der Waals surface area contributed by atoms with Crippen LogP contribution in [0.3, 0.4) is 0 Å². The predicted molar refractivity (Wildman–Crippen MR) is 92.0 cm³/mol. The third kappa shape index (κ3) is 1.52. The molecular weight excluding hydrogens is 354 g/mol. The van der Waals surface area contributed by atoms with Crippen LogP contribution in [0.5, 0.6) is 11.5 Å². The van der Waals surface area contributed by atoms with E-state index in [2.05, 4.69) is 6.07 Å². The highest BCUT2D eigenvalue weighted by molar-refractivity contribution is 8.04. The molecule has 4 aliphatic rings. The Kier molecular flexibility index (Phi) is 2.72. The molecule has 7 nitrogen and oxygen atoms in total. The fourth-order valence-electron chi connectivity index (χ4n) is 4.73. The van der Waals surface area contributed by atoms with Gasteiger partial charge < -0.3 is 19.3 Å². The minimum atomic E-state index is -1.01. The largest absolute Gasteiger partial charge is 0.454 e. The molecule has 0 N–H and O–H groups in total. The van der Waals surface area contributed by atoms with E-state index in [1.54, 1.807) is 24.9 Å². The van der Waals surface area contributed by atoms with E-state index in [1.807, 2.05) is 19.1 Å². The molecule has 4 aliphatic heterocycles. The first kappa shape index (κ1) is 15.8. The molecule has 2 unspecified atom stereocenters. The zero-order valence-electron chi connectivity index (χ0n) is 14.6. The van der Waals surface area contributed by atoms with Crippen LogP contribution < -0.4 is 9.47 Å². The normalized spacial score (nSPS) is 39.5. The van der Waals surface area contributed by atoms with Gasteiger partial charge in [0.25, 0.3) is 11.8 Å². The van der Waals surface area contributed by atoms with Crippen molar-refractivity contribution in [1.29, 1.82) is 5.26 Å². The van der Waals surface area contributed by atoms with Gasteiger partial charge >= 0.3 is 0 Å². The standard InChI is InChI=1S/C18H17N3O4S/c1-16(8-19)7-18-15(23)20(3)17(2,26-18)14(22)21(18)13(16)10-4-5-11-12(6-10)25-9-24-11/h4-6,13H,7,9H2,1-3H3/t13?,16-,17+,18?/m1/s1. The molecule has 0 saturated carbocycles. The van der Waals surface area contributed by atoms with Crippen LogP contribution in [0.25, 0.3) is 0 Å². The summed E-state index contributed by atoms with van der Waals surface area (Å²) in [6.07, 6.45) is 0.310. The Labute approximate surface area is 154 Å². The van der Waals surface area contributed by atoms with Crippen LogP contribution in [-0.2, 0) is 9.59 Å². The van der Waals surface area contributed by atoms with Gasteiger partial charge in [-0.25, -0.2) is 0 Å². The van der Waals surface area contributed by atoms with Crippen LogP contribution in [0.15, 0.2) is 18.2 Å². The maximum atomic E-state index is 13.3. The van der Waals surface area contributed by atoms with E-state index >= 15 is 0 Å². The lowest BCUT2D eigenvalue weighted by Crippen LogP contribution is -2.60. The van der Waals surface area contributed by atoms with Crippen molar-refractivity contribution < 1.29 is 19.1 Å². The van der Waals surface area contributed by atoms with Gasteiger partial charge in [-0.15, -0.1) is 0 Å². The van der Waals surface area contributed by atoms with Gasteiger partial charge in [0, 0.05) is 13.5 Å². The molecule has 0 aromatic heterocycles. The molecule has 2 bridgehead atoms. The molecule has 2 amide bonds. The monoisotopic (exact) mass is 371 g/mol. The number of likely N-dealkylation sites (N-methyl/N-ethyl adjacent to an activating group) is 1. The molecule has 134 valence electrons. The number of hydrogen-bond donors (Lipinski definition) is 0. The molecular formula is C18H17N3O4S. The zero-order valence-corrected chi connectivity index (χ0v) is 15.4. The van der Waals surface area contributed by atoms with E-state index in [0.717, 1.165) is 5.56 Å². The number of benzene rings is 1. The molecule has 5 rings (SSSR count). The SMILES string of the molecule is CN1C(=O)C23C[C@](C)(C#N)C(c4ccc5c(c4)OCO5)N2C(=O)[C@]1(C)S3. The second-order valence-corrected chi connectivity index (χ2v) is 9.30. The third-order valence-electron chi connectivity index (χ3n) is 6.09. The summed E-state index contributed by atoms with van der Waals surface area (Å²) in [6.45, 7) is 3.76. The Morgan fingerprint density at radius 3 is 2.69 bits per heavy atom. The number of carbonyl (C=O) groups excluding carboxylic acids is 2. The number of hydrogen-bond acceptors (Lipinski definition) is 6.